The maximum Gasteiger partial charge on any atom is 0.246 e. The van der Waals surface area contributed by atoms with E-state index in [1.807, 2.05) is 0 Å². The molecule has 0 bridgehead atoms. The number of carbonyl (C=O) groups is 1. The molecule has 2 fully saturated rings. The monoisotopic (exact) mass is 310 g/mol. The molecule has 116 valence electrons. The molecule has 2 aliphatic rings. The molecule has 0 aliphatic carbocycles. The number of amides is 1. The molecule has 3 heterocycles. The first kappa shape index (κ1) is 15.0. The summed E-state index contributed by atoms with van der Waals surface area (Å²) in [6.45, 7) is 5.39. The van der Waals surface area contributed by atoms with E-state index >= 15 is 0 Å². The van der Waals surface area contributed by atoms with E-state index < -0.39 is 0 Å². The number of thiophene rings is 1. The summed E-state index contributed by atoms with van der Waals surface area (Å²) in [7, 11) is 1.54. The van der Waals surface area contributed by atoms with Crippen LogP contribution in [0.5, 0.6) is 0 Å². The summed E-state index contributed by atoms with van der Waals surface area (Å²) in [5.41, 5.74) is 1.44. The molecule has 1 N–H and O–H groups in total. The predicted molar refractivity (Wildman–Crippen MR) is 81.2 cm³/mol. The molecule has 0 radical (unpaired) electrons. The number of carbonyl (C=O) groups excluding carboxylic acids is 1. The van der Waals surface area contributed by atoms with Crippen LogP contribution in [0.15, 0.2) is 16.8 Å². The van der Waals surface area contributed by atoms with E-state index in [0.717, 1.165) is 32.8 Å². The first-order valence-electron chi connectivity index (χ1n) is 7.29. The van der Waals surface area contributed by atoms with Crippen LogP contribution in [0.1, 0.15) is 5.56 Å². The zero-order chi connectivity index (χ0) is 14.7. The fourth-order valence-corrected chi connectivity index (χ4v) is 4.07. The molecular weight excluding hydrogens is 288 g/mol. The van der Waals surface area contributed by atoms with Gasteiger partial charge in [0, 0.05) is 44.6 Å². The number of rotatable bonds is 6. The van der Waals surface area contributed by atoms with Gasteiger partial charge in [0.2, 0.25) is 5.91 Å². The van der Waals surface area contributed by atoms with Crippen molar-refractivity contribution in [3.8, 4) is 0 Å². The van der Waals surface area contributed by atoms with Crippen LogP contribution in [0.4, 0.5) is 0 Å². The smallest absolute Gasteiger partial charge is 0.246 e. The summed E-state index contributed by atoms with van der Waals surface area (Å²) in [6.07, 6.45) is 0. The normalized spacial score (nSPS) is 28.7. The van der Waals surface area contributed by atoms with E-state index in [0.29, 0.717) is 12.5 Å². The topological polar surface area (TPSA) is 50.8 Å². The molecule has 1 aromatic heterocycles. The molecule has 0 aromatic carbocycles. The number of nitrogens with zero attached hydrogens (tertiary/aromatic N) is 1. The van der Waals surface area contributed by atoms with Gasteiger partial charge in [-0.05, 0) is 22.4 Å². The third-order valence-corrected chi connectivity index (χ3v) is 5.22. The predicted octanol–water partition coefficient (Wildman–Crippen LogP) is 0.959. The van der Waals surface area contributed by atoms with Crippen LogP contribution in [0, 0.1) is 11.3 Å². The Morgan fingerprint density at radius 2 is 2.57 bits per heavy atom. The van der Waals surface area contributed by atoms with Crippen molar-refractivity contribution in [2.24, 2.45) is 11.3 Å². The van der Waals surface area contributed by atoms with Crippen LogP contribution in [0.2, 0.25) is 0 Å². The minimum absolute atomic E-state index is 0.0474. The maximum absolute atomic E-state index is 11.6. The second kappa shape index (κ2) is 6.44. The molecule has 1 aromatic rings. The van der Waals surface area contributed by atoms with E-state index in [1.165, 1.54) is 12.7 Å². The van der Waals surface area contributed by atoms with Crippen molar-refractivity contribution in [3.05, 3.63) is 22.4 Å². The quantitative estimate of drug-likeness (QED) is 0.850. The van der Waals surface area contributed by atoms with Crippen LogP contribution in [0.3, 0.4) is 0 Å². The molecule has 0 spiro atoms. The Kier molecular flexibility index (Phi) is 4.59. The summed E-state index contributed by atoms with van der Waals surface area (Å²) in [5, 5.41) is 7.33. The van der Waals surface area contributed by atoms with E-state index in [1.54, 1.807) is 11.3 Å². The molecule has 1 amide bonds. The molecule has 0 unspecified atom stereocenters. The number of hydrogen-bond donors (Lipinski definition) is 1. The molecule has 2 saturated heterocycles. The van der Waals surface area contributed by atoms with Gasteiger partial charge in [0.05, 0.1) is 13.2 Å². The highest BCUT2D eigenvalue weighted by Crippen LogP contribution is 2.41. The van der Waals surface area contributed by atoms with Gasteiger partial charge >= 0.3 is 0 Å². The Balaban J connectivity index is 1.59. The summed E-state index contributed by atoms with van der Waals surface area (Å²) in [6, 6.07) is 2.18. The average molecular weight is 310 g/mol. The average Bonchev–Trinajstić information content (AvgIpc) is 3.13. The van der Waals surface area contributed by atoms with Crippen molar-refractivity contribution in [1.82, 2.24) is 10.2 Å². The number of ether oxygens (including phenoxy) is 2. The maximum atomic E-state index is 11.6. The first-order chi connectivity index (χ1) is 10.2. The van der Waals surface area contributed by atoms with E-state index in [4.69, 9.17) is 9.47 Å². The Hall–Kier alpha value is -0.950. The molecule has 21 heavy (non-hydrogen) atoms. The molecule has 6 heteroatoms. The van der Waals surface area contributed by atoms with Gasteiger partial charge in [-0.15, -0.1) is 0 Å². The van der Waals surface area contributed by atoms with Gasteiger partial charge < -0.3 is 14.8 Å². The molecule has 2 atom stereocenters. The summed E-state index contributed by atoms with van der Waals surface area (Å²) in [5.74, 6) is 0.466. The van der Waals surface area contributed by atoms with Crippen LogP contribution >= 0.6 is 11.3 Å². The van der Waals surface area contributed by atoms with Crippen LogP contribution < -0.4 is 5.32 Å². The molecule has 0 saturated carbocycles. The van der Waals surface area contributed by atoms with Gasteiger partial charge in [0.15, 0.2) is 0 Å². The van der Waals surface area contributed by atoms with Gasteiger partial charge in [0.25, 0.3) is 0 Å². The highest BCUT2D eigenvalue weighted by Gasteiger charge is 2.50. The van der Waals surface area contributed by atoms with Crippen LogP contribution in [0.25, 0.3) is 0 Å². The lowest BCUT2D eigenvalue weighted by atomic mass is 9.81. The Bertz CT molecular complexity index is 479. The van der Waals surface area contributed by atoms with Gasteiger partial charge in [-0.2, -0.15) is 11.3 Å². The fourth-order valence-electron chi connectivity index (χ4n) is 3.41. The standard InChI is InChI=1S/C15H22N2O3S/c1-19-7-14(18)16-9-15-10-17(4-12-2-3-21-8-12)5-13(15)6-20-11-15/h2-3,8,13H,4-7,9-11H2,1H3,(H,16,18)/t13-,15+/m0/s1. The van der Waals surface area contributed by atoms with E-state index in [9.17, 15) is 4.79 Å². The largest absolute Gasteiger partial charge is 0.380 e. The minimum atomic E-state index is -0.0474. The highest BCUT2D eigenvalue weighted by molar-refractivity contribution is 7.07. The zero-order valence-electron chi connectivity index (χ0n) is 12.3. The second-order valence-corrected chi connectivity index (χ2v) is 6.87. The summed E-state index contributed by atoms with van der Waals surface area (Å²) >= 11 is 1.74. The van der Waals surface area contributed by atoms with Crippen molar-refractivity contribution in [1.29, 1.82) is 0 Å². The zero-order valence-corrected chi connectivity index (χ0v) is 13.2. The van der Waals surface area contributed by atoms with Crippen molar-refractivity contribution in [3.63, 3.8) is 0 Å². The van der Waals surface area contributed by atoms with Gasteiger partial charge in [0.1, 0.15) is 6.61 Å². The molecule has 5 nitrogen and oxygen atoms in total. The van der Waals surface area contributed by atoms with Crippen molar-refractivity contribution < 1.29 is 14.3 Å². The molecule has 2 aliphatic heterocycles. The van der Waals surface area contributed by atoms with Crippen molar-refractivity contribution in [2.75, 3.05) is 46.6 Å². The summed E-state index contributed by atoms with van der Waals surface area (Å²) < 4.78 is 10.6. The lowest BCUT2D eigenvalue weighted by Crippen LogP contribution is -2.44. The minimum Gasteiger partial charge on any atom is -0.380 e. The molecule has 3 rings (SSSR count). The first-order valence-corrected chi connectivity index (χ1v) is 8.23. The fraction of sp³-hybridized carbons (Fsp3) is 0.667. The van der Waals surface area contributed by atoms with Gasteiger partial charge in [-0.1, -0.05) is 0 Å². The van der Waals surface area contributed by atoms with E-state index in [2.05, 4.69) is 27.0 Å². The van der Waals surface area contributed by atoms with Crippen molar-refractivity contribution in [2.45, 2.75) is 6.54 Å². The van der Waals surface area contributed by atoms with Gasteiger partial charge in [-0.3, -0.25) is 9.69 Å². The lowest BCUT2D eigenvalue weighted by Gasteiger charge is -2.27. The SMILES string of the molecule is COCC(=O)NC[C@@]12COC[C@@H]1CN(Cc1ccsc1)C2. The third-order valence-electron chi connectivity index (χ3n) is 4.49. The van der Waals surface area contributed by atoms with Crippen LogP contribution in [-0.2, 0) is 20.8 Å². The number of hydrogen-bond acceptors (Lipinski definition) is 5. The summed E-state index contributed by atoms with van der Waals surface area (Å²) in [4.78, 5) is 14.1. The Labute approximate surface area is 129 Å². The van der Waals surface area contributed by atoms with Crippen molar-refractivity contribution >= 4 is 17.2 Å². The lowest BCUT2D eigenvalue weighted by molar-refractivity contribution is -0.125. The third kappa shape index (κ3) is 3.29. The number of likely N-dealkylation sites (tertiary alicyclic amines) is 1. The number of nitrogens with one attached hydrogen (secondary N) is 1. The number of fused-ring (bicyclic) bond motifs is 1. The molecular formula is C15H22N2O3S. The van der Waals surface area contributed by atoms with E-state index in [-0.39, 0.29) is 17.9 Å². The second-order valence-electron chi connectivity index (χ2n) is 6.09. The number of methoxy groups -OCH3 is 1. The Morgan fingerprint density at radius 1 is 1.67 bits per heavy atom. The van der Waals surface area contributed by atoms with Crippen LogP contribution in [-0.4, -0.2) is 57.4 Å². The highest BCUT2D eigenvalue weighted by atomic mass is 32.1. The Morgan fingerprint density at radius 3 is 3.33 bits per heavy atom. The van der Waals surface area contributed by atoms with Gasteiger partial charge in [-0.25, -0.2) is 0 Å².